The van der Waals surface area contributed by atoms with Crippen LogP contribution in [0.2, 0.25) is 0 Å². The van der Waals surface area contributed by atoms with Gasteiger partial charge in [0.2, 0.25) is 10.0 Å². The van der Waals surface area contributed by atoms with Crippen LogP contribution in [0.3, 0.4) is 0 Å². The molecular weight excluding hydrogens is 426 g/mol. The first kappa shape index (κ1) is 20.4. The number of piperazine rings is 1. The molecule has 0 spiro atoms. The first-order valence-electron chi connectivity index (χ1n) is 10.3. The van der Waals surface area contributed by atoms with Gasteiger partial charge in [-0.05, 0) is 40.4 Å². The molecule has 0 radical (unpaired) electrons. The van der Waals surface area contributed by atoms with Gasteiger partial charge in [-0.1, -0.05) is 48.5 Å². The summed E-state index contributed by atoms with van der Waals surface area (Å²) in [6.45, 7) is 0.786. The number of hydrogen-bond donors (Lipinski definition) is 1. The number of H-pyrrole nitrogens is 1. The molecule has 1 aliphatic rings. The van der Waals surface area contributed by atoms with E-state index in [2.05, 4.69) is 4.98 Å². The molecule has 1 saturated heterocycles. The fraction of sp³-hybridized carbons (Fsp3) is 0.167. The summed E-state index contributed by atoms with van der Waals surface area (Å²) in [4.78, 5) is 29.9. The fourth-order valence-corrected chi connectivity index (χ4v) is 5.54. The molecule has 4 aromatic rings. The van der Waals surface area contributed by atoms with Gasteiger partial charge in [0.25, 0.3) is 11.5 Å². The average Bonchev–Trinajstić information content (AvgIpc) is 2.83. The van der Waals surface area contributed by atoms with Crippen LogP contribution in [0.1, 0.15) is 10.4 Å². The van der Waals surface area contributed by atoms with Crippen molar-refractivity contribution < 1.29 is 13.2 Å². The Morgan fingerprint density at radius 2 is 1.44 bits per heavy atom. The lowest BCUT2D eigenvalue weighted by atomic mass is 10.1. The molecule has 5 rings (SSSR count). The molecule has 1 aromatic heterocycles. The number of carbonyl (C=O) groups is 1. The zero-order valence-electron chi connectivity index (χ0n) is 17.2. The van der Waals surface area contributed by atoms with Gasteiger partial charge in [-0.3, -0.25) is 9.59 Å². The molecule has 0 atom stereocenters. The average molecular weight is 448 g/mol. The van der Waals surface area contributed by atoms with Gasteiger partial charge in [0.05, 0.1) is 4.90 Å². The third-order valence-electron chi connectivity index (χ3n) is 5.87. The Morgan fingerprint density at radius 3 is 2.19 bits per heavy atom. The van der Waals surface area contributed by atoms with Crippen molar-refractivity contribution >= 4 is 37.6 Å². The van der Waals surface area contributed by atoms with Crippen LogP contribution in [0.4, 0.5) is 0 Å². The van der Waals surface area contributed by atoms with Crippen LogP contribution in [-0.4, -0.2) is 54.7 Å². The largest absolute Gasteiger partial charge is 0.336 e. The number of aromatic nitrogens is 1. The zero-order valence-corrected chi connectivity index (χ0v) is 18.0. The molecule has 3 aromatic carbocycles. The van der Waals surface area contributed by atoms with Crippen LogP contribution < -0.4 is 5.56 Å². The Hall–Kier alpha value is -3.49. The highest BCUT2D eigenvalue weighted by atomic mass is 32.2. The third kappa shape index (κ3) is 3.57. The van der Waals surface area contributed by atoms with Crippen LogP contribution in [0.5, 0.6) is 0 Å². The summed E-state index contributed by atoms with van der Waals surface area (Å²) in [5, 5.41) is 2.60. The van der Waals surface area contributed by atoms with E-state index in [1.807, 2.05) is 42.5 Å². The number of benzene rings is 3. The molecule has 1 aliphatic heterocycles. The normalized spacial score (nSPS) is 15.3. The van der Waals surface area contributed by atoms with E-state index in [0.717, 1.165) is 16.2 Å². The quantitative estimate of drug-likeness (QED) is 0.523. The van der Waals surface area contributed by atoms with Gasteiger partial charge in [0.1, 0.15) is 5.56 Å². The number of nitrogens with zero attached hydrogens (tertiary/aromatic N) is 2. The summed E-state index contributed by atoms with van der Waals surface area (Å²) in [5.41, 5.74) is 0.287. The van der Waals surface area contributed by atoms with E-state index in [4.69, 9.17) is 0 Å². The molecule has 32 heavy (non-hydrogen) atoms. The van der Waals surface area contributed by atoms with Gasteiger partial charge in [-0.25, -0.2) is 8.42 Å². The molecule has 1 N–H and O–H groups in total. The Morgan fingerprint density at radius 1 is 0.781 bits per heavy atom. The summed E-state index contributed by atoms with van der Waals surface area (Å²) < 4.78 is 27.7. The summed E-state index contributed by atoms with van der Waals surface area (Å²) in [6.07, 6.45) is 0. The highest BCUT2D eigenvalue weighted by molar-refractivity contribution is 7.89. The van der Waals surface area contributed by atoms with E-state index in [9.17, 15) is 18.0 Å². The molecule has 0 bridgehead atoms. The molecule has 7 nitrogen and oxygen atoms in total. The molecule has 8 heteroatoms. The number of para-hydroxylation sites is 1. The molecule has 1 amide bonds. The monoisotopic (exact) mass is 447 g/mol. The van der Waals surface area contributed by atoms with E-state index in [1.165, 1.54) is 9.21 Å². The predicted octanol–water partition coefficient (Wildman–Crippen LogP) is 2.83. The molecule has 0 unspecified atom stereocenters. The molecule has 0 aliphatic carbocycles. The second-order valence-electron chi connectivity index (χ2n) is 7.80. The number of amides is 1. The Balaban J connectivity index is 1.34. The Kier molecular flexibility index (Phi) is 5.03. The minimum Gasteiger partial charge on any atom is -0.336 e. The van der Waals surface area contributed by atoms with Crippen LogP contribution in [0.15, 0.2) is 82.5 Å². The lowest BCUT2D eigenvalue weighted by Gasteiger charge is -2.34. The number of nitrogens with one attached hydrogen (secondary N) is 1. The second-order valence-corrected chi connectivity index (χ2v) is 9.74. The van der Waals surface area contributed by atoms with Crippen LogP contribution in [-0.2, 0) is 10.0 Å². The maximum atomic E-state index is 13.1. The SMILES string of the molecule is O=C(c1cc2ccccc2[nH]c1=O)N1CCN(S(=O)(=O)c2ccc3ccccc3c2)CC1. The highest BCUT2D eigenvalue weighted by Gasteiger charge is 2.31. The van der Waals surface area contributed by atoms with Gasteiger partial charge in [-0.2, -0.15) is 4.31 Å². The summed E-state index contributed by atoms with van der Waals surface area (Å²) in [6, 6.07) is 21.5. The number of aromatic amines is 1. The second kappa shape index (κ2) is 7.89. The number of fused-ring (bicyclic) bond motifs is 2. The fourth-order valence-electron chi connectivity index (χ4n) is 4.09. The van der Waals surface area contributed by atoms with Gasteiger partial charge >= 0.3 is 0 Å². The smallest absolute Gasteiger partial charge is 0.261 e. The Bertz CT molecular complexity index is 1500. The standard InChI is InChI=1S/C24H21N3O4S/c28-23-21(16-19-7-3-4-8-22(19)25-23)24(29)26-11-13-27(14-12-26)32(30,31)20-10-9-17-5-1-2-6-18(17)15-20/h1-10,15-16H,11-14H2,(H,25,28). The number of sulfonamides is 1. The molecule has 2 heterocycles. The number of carbonyl (C=O) groups excluding carboxylic acids is 1. The van der Waals surface area contributed by atoms with Crippen LogP contribution in [0.25, 0.3) is 21.7 Å². The third-order valence-corrected chi connectivity index (χ3v) is 7.76. The van der Waals surface area contributed by atoms with Crippen LogP contribution >= 0.6 is 0 Å². The first-order chi connectivity index (χ1) is 15.4. The summed E-state index contributed by atoms with van der Waals surface area (Å²) >= 11 is 0. The number of hydrogen-bond acceptors (Lipinski definition) is 4. The van der Waals surface area contributed by atoms with E-state index >= 15 is 0 Å². The van der Waals surface area contributed by atoms with Crippen LogP contribution in [0, 0.1) is 0 Å². The zero-order chi connectivity index (χ0) is 22.3. The maximum Gasteiger partial charge on any atom is 0.261 e. The Labute approximate surface area is 184 Å². The van der Waals surface area contributed by atoms with Crippen molar-refractivity contribution in [1.82, 2.24) is 14.2 Å². The summed E-state index contributed by atoms with van der Waals surface area (Å²) in [5.74, 6) is -0.389. The predicted molar refractivity (Wildman–Crippen MR) is 123 cm³/mol. The van der Waals surface area contributed by atoms with E-state index in [0.29, 0.717) is 5.52 Å². The van der Waals surface area contributed by atoms with Crippen molar-refractivity contribution in [3.05, 3.63) is 88.7 Å². The highest BCUT2D eigenvalue weighted by Crippen LogP contribution is 2.23. The molecule has 1 fully saturated rings. The molecular formula is C24H21N3O4S. The van der Waals surface area contributed by atoms with E-state index in [-0.39, 0.29) is 42.5 Å². The molecule has 162 valence electrons. The topological polar surface area (TPSA) is 90.6 Å². The maximum absolute atomic E-state index is 13.1. The number of pyridine rings is 1. The van der Waals surface area contributed by atoms with Crippen molar-refractivity contribution in [2.45, 2.75) is 4.90 Å². The molecule has 0 saturated carbocycles. The lowest BCUT2D eigenvalue weighted by molar-refractivity contribution is 0.0696. The van der Waals surface area contributed by atoms with Crippen molar-refractivity contribution in [3.63, 3.8) is 0 Å². The minimum atomic E-state index is -3.68. The van der Waals surface area contributed by atoms with Gasteiger partial charge in [0, 0.05) is 31.7 Å². The first-order valence-corrected chi connectivity index (χ1v) is 11.8. The summed E-state index contributed by atoms with van der Waals surface area (Å²) in [7, 11) is -3.68. The van der Waals surface area contributed by atoms with E-state index < -0.39 is 15.6 Å². The minimum absolute atomic E-state index is 0.0644. The van der Waals surface area contributed by atoms with Crippen molar-refractivity contribution in [3.8, 4) is 0 Å². The number of rotatable bonds is 3. The van der Waals surface area contributed by atoms with Gasteiger partial charge in [0.15, 0.2) is 0 Å². The van der Waals surface area contributed by atoms with Gasteiger partial charge < -0.3 is 9.88 Å². The van der Waals surface area contributed by atoms with Crippen molar-refractivity contribution in [2.24, 2.45) is 0 Å². The van der Waals surface area contributed by atoms with Gasteiger partial charge in [-0.15, -0.1) is 0 Å². The van der Waals surface area contributed by atoms with Crippen molar-refractivity contribution in [2.75, 3.05) is 26.2 Å². The van der Waals surface area contributed by atoms with Crippen molar-refractivity contribution in [1.29, 1.82) is 0 Å². The lowest BCUT2D eigenvalue weighted by Crippen LogP contribution is -2.51. The van der Waals surface area contributed by atoms with E-state index in [1.54, 1.807) is 30.3 Å².